The number of nitrogens with zero attached hydrogens (tertiary/aromatic N) is 5. The number of pyridine rings is 1. The topological polar surface area (TPSA) is 118 Å². The average molecular weight is 546 g/mol. The first-order valence-corrected chi connectivity index (χ1v) is 13.0. The fourth-order valence-electron chi connectivity index (χ4n) is 4.95. The molecule has 5 heterocycles. The number of carbonyl (C=O) groups is 1. The molecule has 0 aliphatic carbocycles. The van der Waals surface area contributed by atoms with Crippen LogP contribution >= 0.6 is 0 Å². The standard InChI is InChI=1S/C26H30F3N7O3/c27-26(28,29)20-13-18(15-32-25(20)39-10-4-17-1-5-31-6-2-17)23-19-3-7-36(24(19)34-21(14-30)33-23)16-22(37)35-8-11-38-12-9-35/h3,7,13-15,17,30-31H,1-2,4-6,8-12,16H2. The molecule has 2 saturated heterocycles. The Hall–Kier alpha value is -3.58. The first kappa shape index (κ1) is 27.0. The molecule has 2 aliphatic rings. The molecule has 0 bridgehead atoms. The summed E-state index contributed by atoms with van der Waals surface area (Å²) in [5.41, 5.74) is -0.345. The summed E-state index contributed by atoms with van der Waals surface area (Å²) in [6.07, 6.45) is 1.76. The third-order valence-electron chi connectivity index (χ3n) is 7.09. The minimum absolute atomic E-state index is 0.00660. The van der Waals surface area contributed by atoms with Crippen molar-refractivity contribution >= 4 is 23.2 Å². The van der Waals surface area contributed by atoms with E-state index in [1.54, 1.807) is 21.7 Å². The number of hydrogen-bond donors (Lipinski definition) is 2. The Morgan fingerprint density at radius 3 is 2.72 bits per heavy atom. The SMILES string of the molecule is N=Cc1nc(-c2cnc(OCCC3CCNCC3)c(C(F)(F)F)c2)c2ccn(CC(=O)N3CCOCC3)c2n1. The maximum Gasteiger partial charge on any atom is 0.421 e. The number of ether oxygens (including phenoxy) is 2. The minimum atomic E-state index is -4.69. The largest absolute Gasteiger partial charge is 0.477 e. The van der Waals surface area contributed by atoms with Crippen LogP contribution < -0.4 is 10.1 Å². The lowest BCUT2D eigenvalue weighted by Gasteiger charge is -2.27. The molecule has 2 N–H and O–H groups in total. The molecular formula is C26H30F3N7O3. The molecule has 0 radical (unpaired) electrons. The third-order valence-corrected chi connectivity index (χ3v) is 7.09. The van der Waals surface area contributed by atoms with E-state index >= 15 is 0 Å². The van der Waals surface area contributed by atoms with E-state index in [9.17, 15) is 18.0 Å². The van der Waals surface area contributed by atoms with Crippen LogP contribution in [-0.4, -0.2) is 82.5 Å². The third kappa shape index (κ3) is 6.19. The Labute approximate surface area is 223 Å². The molecule has 2 aliphatic heterocycles. The zero-order valence-corrected chi connectivity index (χ0v) is 21.3. The van der Waals surface area contributed by atoms with Crippen LogP contribution in [0.1, 0.15) is 30.7 Å². The van der Waals surface area contributed by atoms with Crippen LogP contribution in [0.2, 0.25) is 0 Å². The van der Waals surface area contributed by atoms with Crippen LogP contribution in [0.25, 0.3) is 22.3 Å². The van der Waals surface area contributed by atoms with Crippen molar-refractivity contribution in [2.45, 2.75) is 32.0 Å². The first-order valence-electron chi connectivity index (χ1n) is 13.0. The number of aromatic nitrogens is 4. The lowest BCUT2D eigenvalue weighted by molar-refractivity contribution is -0.139. The summed E-state index contributed by atoms with van der Waals surface area (Å²) in [4.78, 5) is 27.2. The molecule has 39 heavy (non-hydrogen) atoms. The van der Waals surface area contributed by atoms with Crippen LogP contribution in [-0.2, 0) is 22.3 Å². The summed E-state index contributed by atoms with van der Waals surface area (Å²) < 4.78 is 54.6. The lowest BCUT2D eigenvalue weighted by atomic mass is 9.95. The number of nitrogens with one attached hydrogen (secondary N) is 2. The number of carbonyl (C=O) groups excluding carboxylic acids is 1. The van der Waals surface area contributed by atoms with E-state index in [0.29, 0.717) is 49.7 Å². The van der Waals surface area contributed by atoms with Gasteiger partial charge in [0.25, 0.3) is 0 Å². The molecular weight excluding hydrogens is 515 g/mol. The zero-order valence-electron chi connectivity index (χ0n) is 21.3. The molecule has 0 atom stereocenters. The molecule has 13 heteroatoms. The first-order chi connectivity index (χ1) is 18.8. The van der Waals surface area contributed by atoms with Crippen molar-refractivity contribution in [2.24, 2.45) is 5.92 Å². The van der Waals surface area contributed by atoms with Crippen LogP contribution in [0, 0.1) is 11.3 Å². The van der Waals surface area contributed by atoms with Gasteiger partial charge in [-0.05, 0) is 50.4 Å². The molecule has 10 nitrogen and oxygen atoms in total. The highest BCUT2D eigenvalue weighted by molar-refractivity contribution is 5.93. The number of hydrogen-bond acceptors (Lipinski definition) is 8. The van der Waals surface area contributed by atoms with Gasteiger partial charge in [-0.3, -0.25) is 4.79 Å². The molecule has 3 aromatic heterocycles. The smallest absolute Gasteiger partial charge is 0.421 e. The molecule has 3 aromatic rings. The van der Waals surface area contributed by atoms with Crippen molar-refractivity contribution in [2.75, 3.05) is 46.0 Å². The number of morpholine rings is 1. The van der Waals surface area contributed by atoms with E-state index in [-0.39, 0.29) is 36.1 Å². The number of amides is 1. The van der Waals surface area contributed by atoms with E-state index in [4.69, 9.17) is 14.9 Å². The minimum Gasteiger partial charge on any atom is -0.477 e. The Morgan fingerprint density at radius 2 is 2.00 bits per heavy atom. The maximum atomic E-state index is 14.1. The molecule has 0 spiro atoms. The van der Waals surface area contributed by atoms with Gasteiger partial charge in [0, 0.05) is 36.4 Å². The van der Waals surface area contributed by atoms with E-state index in [1.165, 1.54) is 6.20 Å². The van der Waals surface area contributed by atoms with Crippen molar-refractivity contribution in [3.05, 3.63) is 35.9 Å². The lowest BCUT2D eigenvalue weighted by Crippen LogP contribution is -2.42. The summed E-state index contributed by atoms with van der Waals surface area (Å²) in [6, 6.07) is 2.63. The molecule has 2 fully saturated rings. The van der Waals surface area contributed by atoms with Gasteiger partial charge in [-0.1, -0.05) is 0 Å². The fraction of sp³-hybridized carbons (Fsp3) is 0.500. The summed E-state index contributed by atoms with van der Waals surface area (Å²) in [6.45, 7) is 3.86. The summed E-state index contributed by atoms with van der Waals surface area (Å²) in [5, 5.41) is 11.4. The molecule has 0 unspecified atom stereocenters. The van der Waals surface area contributed by atoms with Crippen LogP contribution in [0.4, 0.5) is 13.2 Å². The van der Waals surface area contributed by atoms with Crippen LogP contribution in [0.3, 0.4) is 0 Å². The van der Waals surface area contributed by atoms with E-state index in [1.807, 2.05) is 0 Å². The number of rotatable bonds is 8. The number of alkyl halides is 3. The van der Waals surface area contributed by atoms with Gasteiger partial charge in [-0.2, -0.15) is 13.2 Å². The normalized spacial score (nSPS) is 16.9. The Kier molecular flexibility index (Phi) is 8.07. The quantitative estimate of drug-likeness (QED) is 0.418. The second-order valence-corrected chi connectivity index (χ2v) is 9.65. The maximum absolute atomic E-state index is 14.1. The van der Waals surface area contributed by atoms with Crippen LogP contribution in [0.5, 0.6) is 5.88 Å². The second kappa shape index (κ2) is 11.7. The van der Waals surface area contributed by atoms with Crippen molar-refractivity contribution in [1.82, 2.24) is 29.7 Å². The van der Waals surface area contributed by atoms with E-state index < -0.39 is 17.6 Å². The number of fused-ring (bicyclic) bond motifs is 1. The predicted octanol–water partition coefficient (Wildman–Crippen LogP) is 3.14. The van der Waals surface area contributed by atoms with Crippen molar-refractivity contribution in [3.63, 3.8) is 0 Å². The van der Waals surface area contributed by atoms with Gasteiger partial charge in [0.05, 0.1) is 31.7 Å². The molecule has 1 amide bonds. The van der Waals surface area contributed by atoms with Gasteiger partial charge in [-0.25, -0.2) is 15.0 Å². The second-order valence-electron chi connectivity index (χ2n) is 9.65. The van der Waals surface area contributed by atoms with E-state index in [0.717, 1.165) is 38.2 Å². The van der Waals surface area contributed by atoms with Crippen molar-refractivity contribution < 1.29 is 27.4 Å². The Morgan fingerprint density at radius 1 is 1.23 bits per heavy atom. The molecule has 5 rings (SSSR count). The molecule has 0 saturated carbocycles. The highest BCUT2D eigenvalue weighted by Gasteiger charge is 2.36. The van der Waals surface area contributed by atoms with Gasteiger partial charge in [0.1, 0.15) is 17.8 Å². The number of piperidine rings is 1. The highest BCUT2D eigenvalue weighted by Crippen LogP contribution is 2.38. The van der Waals surface area contributed by atoms with Crippen LogP contribution in [0.15, 0.2) is 24.5 Å². The van der Waals surface area contributed by atoms with Gasteiger partial charge in [0.2, 0.25) is 11.8 Å². The van der Waals surface area contributed by atoms with Crippen molar-refractivity contribution in [1.29, 1.82) is 5.41 Å². The van der Waals surface area contributed by atoms with Gasteiger partial charge in [-0.15, -0.1) is 0 Å². The van der Waals surface area contributed by atoms with E-state index in [2.05, 4.69) is 20.3 Å². The molecule has 208 valence electrons. The molecule has 0 aromatic carbocycles. The van der Waals surface area contributed by atoms with Gasteiger partial charge >= 0.3 is 6.18 Å². The van der Waals surface area contributed by atoms with Gasteiger partial charge in [0.15, 0.2) is 5.82 Å². The summed E-state index contributed by atoms with van der Waals surface area (Å²) in [5.74, 6) is -0.175. The Bertz CT molecular complexity index is 1330. The monoisotopic (exact) mass is 545 g/mol. The van der Waals surface area contributed by atoms with Gasteiger partial charge < -0.3 is 29.7 Å². The predicted molar refractivity (Wildman–Crippen MR) is 137 cm³/mol. The van der Waals surface area contributed by atoms with Crippen molar-refractivity contribution in [3.8, 4) is 17.1 Å². The Balaban J connectivity index is 1.43. The highest BCUT2D eigenvalue weighted by atomic mass is 19.4. The summed E-state index contributed by atoms with van der Waals surface area (Å²) in [7, 11) is 0. The average Bonchev–Trinajstić information content (AvgIpc) is 3.35. The fourth-order valence-corrected chi connectivity index (χ4v) is 4.95. The summed E-state index contributed by atoms with van der Waals surface area (Å²) >= 11 is 0. The number of halogens is 3. The zero-order chi connectivity index (χ0) is 27.4.